The van der Waals surface area contributed by atoms with Crippen molar-refractivity contribution < 1.29 is 18.0 Å². The molecule has 3 aromatic rings. The number of carbonyl (C=O) groups excluding carboxylic acids is 1. The Kier molecular flexibility index (Phi) is 4.26. The minimum Gasteiger partial charge on any atom is -0.384 e. The zero-order valence-electron chi connectivity index (χ0n) is 12.8. The van der Waals surface area contributed by atoms with Crippen LogP contribution in [0, 0.1) is 0 Å². The zero-order chi connectivity index (χ0) is 18.0. The molecule has 0 bridgehead atoms. The second-order valence-corrected chi connectivity index (χ2v) is 5.30. The molecular weight excluding hydrogens is 333 g/mol. The average molecular weight is 346 g/mol. The molecule has 0 atom stereocenters. The molecule has 0 saturated carbocycles. The van der Waals surface area contributed by atoms with Crippen LogP contribution in [-0.4, -0.2) is 15.9 Å². The van der Waals surface area contributed by atoms with Crippen LogP contribution in [0.4, 0.5) is 19.0 Å². The van der Waals surface area contributed by atoms with Gasteiger partial charge in [0.05, 0.1) is 28.9 Å². The molecule has 0 unspecified atom stereocenters. The van der Waals surface area contributed by atoms with Gasteiger partial charge in [-0.05, 0) is 18.2 Å². The van der Waals surface area contributed by atoms with Gasteiger partial charge in [0.2, 0.25) is 0 Å². The standard InChI is InChI=1S/C17H13F3N4O/c18-17(19,20)15-11-5-1-2-6-13(11)22-9-12(15)16(25)23-8-10-4-3-7-14(21)24-10/h1-7,9H,8H2,(H2,21,24)(H,23,25). The van der Waals surface area contributed by atoms with Gasteiger partial charge in [-0.25, -0.2) is 4.98 Å². The Hall–Kier alpha value is -3.16. The minimum atomic E-state index is -4.69. The van der Waals surface area contributed by atoms with Gasteiger partial charge in [-0.15, -0.1) is 0 Å². The summed E-state index contributed by atoms with van der Waals surface area (Å²) in [4.78, 5) is 20.2. The number of hydrogen-bond acceptors (Lipinski definition) is 4. The van der Waals surface area contributed by atoms with Crippen LogP contribution in [0.15, 0.2) is 48.7 Å². The topological polar surface area (TPSA) is 80.9 Å². The van der Waals surface area contributed by atoms with E-state index < -0.39 is 23.2 Å². The highest BCUT2D eigenvalue weighted by Gasteiger charge is 2.37. The summed E-state index contributed by atoms with van der Waals surface area (Å²) in [7, 11) is 0. The van der Waals surface area contributed by atoms with Gasteiger partial charge in [0.25, 0.3) is 5.91 Å². The first-order valence-electron chi connectivity index (χ1n) is 7.31. The van der Waals surface area contributed by atoms with E-state index in [0.717, 1.165) is 6.20 Å². The highest BCUT2D eigenvalue weighted by Crippen LogP contribution is 2.36. The fraction of sp³-hybridized carbons (Fsp3) is 0.118. The first kappa shape index (κ1) is 16.7. The Bertz CT molecular complexity index is 941. The quantitative estimate of drug-likeness (QED) is 0.763. The number of nitrogen functional groups attached to an aromatic ring is 1. The predicted molar refractivity (Wildman–Crippen MR) is 86.6 cm³/mol. The first-order valence-corrected chi connectivity index (χ1v) is 7.31. The number of fused-ring (bicyclic) bond motifs is 1. The van der Waals surface area contributed by atoms with E-state index in [2.05, 4.69) is 15.3 Å². The van der Waals surface area contributed by atoms with E-state index in [-0.39, 0.29) is 23.3 Å². The molecule has 2 heterocycles. The SMILES string of the molecule is Nc1cccc(CNC(=O)c2cnc3ccccc3c2C(F)(F)F)n1. The molecule has 1 aromatic carbocycles. The third-order valence-corrected chi connectivity index (χ3v) is 3.56. The number of hydrogen-bond donors (Lipinski definition) is 2. The summed E-state index contributed by atoms with van der Waals surface area (Å²) in [6.07, 6.45) is -3.75. The Morgan fingerprint density at radius 1 is 1.12 bits per heavy atom. The summed E-state index contributed by atoms with van der Waals surface area (Å²) in [6.45, 7) is -0.0476. The Morgan fingerprint density at radius 2 is 1.88 bits per heavy atom. The van der Waals surface area contributed by atoms with E-state index in [4.69, 9.17) is 5.73 Å². The molecule has 0 aliphatic heterocycles. The van der Waals surface area contributed by atoms with Crippen LogP contribution in [0.5, 0.6) is 0 Å². The van der Waals surface area contributed by atoms with Crippen LogP contribution in [0.3, 0.4) is 0 Å². The van der Waals surface area contributed by atoms with Crippen LogP contribution in [0.1, 0.15) is 21.6 Å². The number of anilines is 1. The van der Waals surface area contributed by atoms with Crippen molar-refractivity contribution in [2.45, 2.75) is 12.7 Å². The van der Waals surface area contributed by atoms with Gasteiger partial charge >= 0.3 is 6.18 Å². The van der Waals surface area contributed by atoms with Crippen LogP contribution < -0.4 is 11.1 Å². The van der Waals surface area contributed by atoms with Crippen LogP contribution in [-0.2, 0) is 12.7 Å². The highest BCUT2D eigenvalue weighted by molar-refractivity contribution is 6.00. The summed E-state index contributed by atoms with van der Waals surface area (Å²) in [5, 5.41) is 2.30. The summed E-state index contributed by atoms with van der Waals surface area (Å²) >= 11 is 0. The van der Waals surface area contributed by atoms with Crippen molar-refractivity contribution in [3.63, 3.8) is 0 Å². The lowest BCUT2D eigenvalue weighted by molar-refractivity contribution is -0.136. The molecule has 25 heavy (non-hydrogen) atoms. The van der Waals surface area contributed by atoms with E-state index in [1.165, 1.54) is 18.2 Å². The Morgan fingerprint density at radius 3 is 2.60 bits per heavy atom. The lowest BCUT2D eigenvalue weighted by atomic mass is 10.0. The maximum absolute atomic E-state index is 13.5. The average Bonchev–Trinajstić information content (AvgIpc) is 2.58. The van der Waals surface area contributed by atoms with Gasteiger partial charge < -0.3 is 11.1 Å². The number of nitrogens with one attached hydrogen (secondary N) is 1. The van der Waals surface area contributed by atoms with E-state index >= 15 is 0 Å². The van der Waals surface area contributed by atoms with Gasteiger partial charge in [-0.2, -0.15) is 13.2 Å². The third-order valence-electron chi connectivity index (χ3n) is 3.56. The molecule has 0 spiro atoms. The van der Waals surface area contributed by atoms with Crippen molar-refractivity contribution in [1.29, 1.82) is 0 Å². The Balaban J connectivity index is 1.96. The van der Waals surface area contributed by atoms with Crippen molar-refractivity contribution in [3.8, 4) is 0 Å². The second-order valence-electron chi connectivity index (χ2n) is 5.30. The Labute approximate surface area is 140 Å². The molecule has 3 N–H and O–H groups in total. The first-order chi connectivity index (χ1) is 11.9. The number of carbonyl (C=O) groups is 1. The fourth-order valence-corrected chi connectivity index (χ4v) is 2.48. The zero-order valence-corrected chi connectivity index (χ0v) is 12.8. The number of nitrogens with two attached hydrogens (primary N) is 1. The molecule has 8 heteroatoms. The molecule has 5 nitrogen and oxygen atoms in total. The summed E-state index contributed by atoms with van der Waals surface area (Å²) in [5.74, 6) is -0.620. The smallest absolute Gasteiger partial charge is 0.384 e. The molecule has 0 saturated heterocycles. The van der Waals surface area contributed by atoms with E-state index in [1.807, 2.05) is 0 Å². The van der Waals surface area contributed by atoms with Crippen molar-refractivity contribution in [1.82, 2.24) is 15.3 Å². The maximum Gasteiger partial charge on any atom is 0.417 e. The maximum atomic E-state index is 13.5. The molecule has 0 radical (unpaired) electrons. The molecule has 3 rings (SSSR count). The second kappa shape index (κ2) is 6.39. The molecule has 0 aliphatic rings. The summed E-state index contributed by atoms with van der Waals surface area (Å²) in [5.41, 5.74) is 4.61. The predicted octanol–water partition coefficient (Wildman–Crippen LogP) is 3.16. The molecule has 1 amide bonds. The van der Waals surface area contributed by atoms with Gasteiger partial charge in [0, 0.05) is 11.6 Å². The normalized spacial score (nSPS) is 11.5. The van der Waals surface area contributed by atoms with Crippen molar-refractivity contribution in [2.75, 3.05) is 5.73 Å². The number of nitrogens with zero attached hydrogens (tertiary/aromatic N) is 2. The number of halogens is 3. The van der Waals surface area contributed by atoms with Gasteiger partial charge in [0.1, 0.15) is 5.82 Å². The monoisotopic (exact) mass is 346 g/mol. The third kappa shape index (κ3) is 3.52. The molecule has 2 aromatic heterocycles. The number of rotatable bonds is 3. The number of benzene rings is 1. The van der Waals surface area contributed by atoms with Crippen molar-refractivity contribution in [2.24, 2.45) is 0 Å². The summed E-state index contributed by atoms with van der Waals surface area (Å²) in [6, 6.07) is 10.6. The highest BCUT2D eigenvalue weighted by atomic mass is 19.4. The number of para-hydroxylation sites is 1. The van der Waals surface area contributed by atoms with Gasteiger partial charge in [-0.1, -0.05) is 24.3 Å². The van der Waals surface area contributed by atoms with Crippen LogP contribution >= 0.6 is 0 Å². The van der Waals surface area contributed by atoms with E-state index in [0.29, 0.717) is 5.69 Å². The van der Waals surface area contributed by atoms with Gasteiger partial charge in [0.15, 0.2) is 0 Å². The van der Waals surface area contributed by atoms with E-state index in [9.17, 15) is 18.0 Å². The largest absolute Gasteiger partial charge is 0.417 e. The van der Waals surface area contributed by atoms with Gasteiger partial charge in [-0.3, -0.25) is 9.78 Å². The van der Waals surface area contributed by atoms with Crippen molar-refractivity contribution in [3.05, 3.63) is 65.5 Å². The van der Waals surface area contributed by atoms with Crippen LogP contribution in [0.2, 0.25) is 0 Å². The molecular formula is C17H13F3N4O. The number of pyridine rings is 2. The molecule has 0 aliphatic carbocycles. The number of aromatic nitrogens is 2. The summed E-state index contributed by atoms with van der Waals surface area (Å²) < 4.78 is 40.6. The number of alkyl halides is 3. The molecule has 128 valence electrons. The van der Waals surface area contributed by atoms with Crippen molar-refractivity contribution >= 4 is 22.6 Å². The fourth-order valence-electron chi connectivity index (χ4n) is 2.48. The van der Waals surface area contributed by atoms with E-state index in [1.54, 1.807) is 24.3 Å². The number of amides is 1. The lowest BCUT2D eigenvalue weighted by Crippen LogP contribution is -2.26. The van der Waals surface area contributed by atoms with Crippen LogP contribution in [0.25, 0.3) is 10.9 Å². The molecule has 0 fully saturated rings. The lowest BCUT2D eigenvalue weighted by Gasteiger charge is -2.15. The minimum absolute atomic E-state index is 0.0476.